The van der Waals surface area contributed by atoms with Gasteiger partial charge in [-0.3, -0.25) is 9.69 Å². The molecule has 0 bridgehead atoms. The van der Waals surface area contributed by atoms with Gasteiger partial charge in [0.2, 0.25) is 0 Å². The van der Waals surface area contributed by atoms with Crippen LogP contribution < -0.4 is 0 Å². The van der Waals surface area contributed by atoms with Crippen LogP contribution in [-0.2, 0) is 4.79 Å². The van der Waals surface area contributed by atoms with Gasteiger partial charge in [0.15, 0.2) is 5.78 Å². The van der Waals surface area contributed by atoms with Crippen LogP contribution in [0.4, 0.5) is 0 Å². The summed E-state index contributed by atoms with van der Waals surface area (Å²) in [5.41, 5.74) is -1.27. The largest absolute Gasteiger partial charge is 0.392 e. The number of aliphatic hydroxyl groups excluding tert-OH is 1. The average Bonchev–Trinajstić information content (AvgIpc) is 2.34. The summed E-state index contributed by atoms with van der Waals surface area (Å²) in [6, 6.07) is 0. The summed E-state index contributed by atoms with van der Waals surface area (Å²) >= 11 is 0. The van der Waals surface area contributed by atoms with E-state index in [1.807, 2.05) is 4.90 Å². The van der Waals surface area contributed by atoms with Crippen molar-refractivity contribution in [2.24, 2.45) is 0 Å². The normalized spacial score (nSPS) is 28.8. The molecular weight excluding hydrogens is 170 g/mol. The van der Waals surface area contributed by atoms with Crippen LogP contribution in [-0.4, -0.2) is 52.2 Å². The number of Topliss-reactive ketones (excluding diaryl/α,β-unsaturated/α-hetero) is 1. The first-order valence-electron chi connectivity index (χ1n) is 4.55. The first kappa shape index (κ1) is 10.6. The number of carbonyl (C=O) groups is 1. The van der Waals surface area contributed by atoms with Crippen molar-refractivity contribution in [3.63, 3.8) is 0 Å². The van der Waals surface area contributed by atoms with Crippen LogP contribution in [0.1, 0.15) is 20.3 Å². The zero-order chi connectivity index (χ0) is 10.1. The van der Waals surface area contributed by atoms with Crippen molar-refractivity contribution in [1.29, 1.82) is 0 Å². The van der Waals surface area contributed by atoms with E-state index in [9.17, 15) is 15.0 Å². The average molecular weight is 187 g/mol. The summed E-state index contributed by atoms with van der Waals surface area (Å²) in [5.74, 6) is -0.228. The van der Waals surface area contributed by atoms with Gasteiger partial charge in [0, 0.05) is 19.6 Å². The zero-order valence-corrected chi connectivity index (χ0v) is 8.16. The van der Waals surface area contributed by atoms with Gasteiger partial charge in [-0.25, -0.2) is 0 Å². The van der Waals surface area contributed by atoms with Crippen molar-refractivity contribution in [3.8, 4) is 0 Å². The lowest BCUT2D eigenvalue weighted by molar-refractivity contribution is -0.135. The van der Waals surface area contributed by atoms with Gasteiger partial charge in [-0.2, -0.15) is 0 Å². The van der Waals surface area contributed by atoms with Gasteiger partial charge in [-0.1, -0.05) is 0 Å². The third-order valence-corrected chi connectivity index (χ3v) is 2.54. The summed E-state index contributed by atoms with van der Waals surface area (Å²) < 4.78 is 0. The second-order valence-corrected chi connectivity index (χ2v) is 4.01. The van der Waals surface area contributed by atoms with E-state index in [-0.39, 0.29) is 11.9 Å². The second kappa shape index (κ2) is 3.74. The summed E-state index contributed by atoms with van der Waals surface area (Å²) in [6.45, 7) is 4.53. The highest BCUT2D eigenvalue weighted by Crippen LogP contribution is 2.14. The number of rotatable bonds is 3. The predicted molar refractivity (Wildman–Crippen MR) is 48.4 cm³/mol. The topological polar surface area (TPSA) is 60.8 Å². The minimum atomic E-state index is -1.27. The van der Waals surface area contributed by atoms with Gasteiger partial charge in [-0.05, 0) is 20.3 Å². The maximum absolute atomic E-state index is 11.0. The predicted octanol–water partition coefficient (Wildman–Crippen LogP) is -0.607. The standard InChI is InChI=1S/C9H17NO3/c1-7(11)9(2,13)6-10-4-3-8(12)5-10/h8,12-13H,3-6H2,1-2H3. The molecule has 1 heterocycles. The SMILES string of the molecule is CC(=O)C(C)(O)CN1CCC(O)C1. The Bertz CT molecular complexity index is 203. The molecule has 0 aromatic rings. The van der Waals surface area contributed by atoms with Crippen molar-refractivity contribution in [1.82, 2.24) is 4.90 Å². The van der Waals surface area contributed by atoms with Gasteiger partial charge < -0.3 is 10.2 Å². The number of hydrogen-bond acceptors (Lipinski definition) is 4. The van der Waals surface area contributed by atoms with E-state index in [2.05, 4.69) is 0 Å². The molecule has 4 heteroatoms. The maximum Gasteiger partial charge on any atom is 0.162 e. The van der Waals surface area contributed by atoms with E-state index in [1.54, 1.807) is 0 Å². The Labute approximate surface area is 78.2 Å². The number of likely N-dealkylation sites (tertiary alicyclic amines) is 1. The Balaban J connectivity index is 2.44. The molecule has 13 heavy (non-hydrogen) atoms. The minimum absolute atomic E-state index is 0.228. The van der Waals surface area contributed by atoms with Crippen LogP contribution in [0.5, 0.6) is 0 Å². The van der Waals surface area contributed by atoms with E-state index in [1.165, 1.54) is 13.8 Å². The van der Waals surface area contributed by atoms with E-state index in [0.29, 0.717) is 13.1 Å². The summed E-state index contributed by atoms with van der Waals surface area (Å²) in [7, 11) is 0. The third-order valence-electron chi connectivity index (χ3n) is 2.54. The molecule has 0 saturated carbocycles. The van der Waals surface area contributed by atoms with Gasteiger partial charge in [0.05, 0.1) is 6.10 Å². The maximum atomic E-state index is 11.0. The number of nitrogens with zero attached hydrogens (tertiary/aromatic N) is 1. The highest BCUT2D eigenvalue weighted by Gasteiger charge is 2.31. The molecule has 0 aliphatic carbocycles. The number of ketones is 1. The van der Waals surface area contributed by atoms with E-state index < -0.39 is 5.60 Å². The molecular formula is C9H17NO3. The van der Waals surface area contributed by atoms with E-state index in [4.69, 9.17) is 0 Å². The number of β-amino-alcohol motifs (C(OH)–C–C–N with tert-alkyl or cyclic N) is 2. The Kier molecular flexibility index (Phi) is 3.05. The smallest absolute Gasteiger partial charge is 0.162 e. The monoisotopic (exact) mass is 187 g/mol. The molecule has 1 aliphatic rings. The highest BCUT2D eigenvalue weighted by atomic mass is 16.3. The molecule has 1 aliphatic heterocycles. The molecule has 4 nitrogen and oxygen atoms in total. The Morgan fingerprint density at radius 3 is 2.69 bits per heavy atom. The zero-order valence-electron chi connectivity index (χ0n) is 8.16. The number of aliphatic hydroxyl groups is 2. The first-order valence-corrected chi connectivity index (χ1v) is 4.55. The molecule has 0 aromatic heterocycles. The van der Waals surface area contributed by atoms with Crippen LogP contribution in [0.3, 0.4) is 0 Å². The molecule has 0 spiro atoms. The molecule has 2 atom stereocenters. The van der Waals surface area contributed by atoms with Gasteiger partial charge in [-0.15, -0.1) is 0 Å². The van der Waals surface area contributed by atoms with Crippen molar-refractivity contribution in [3.05, 3.63) is 0 Å². The molecule has 1 rings (SSSR count). The fraction of sp³-hybridized carbons (Fsp3) is 0.889. The van der Waals surface area contributed by atoms with Gasteiger partial charge in [0.1, 0.15) is 5.60 Å². The lowest BCUT2D eigenvalue weighted by atomic mass is 10.0. The first-order chi connectivity index (χ1) is 5.92. The molecule has 2 unspecified atom stereocenters. The van der Waals surface area contributed by atoms with Crippen LogP contribution in [0.15, 0.2) is 0 Å². The van der Waals surface area contributed by atoms with Crippen LogP contribution >= 0.6 is 0 Å². The van der Waals surface area contributed by atoms with Crippen LogP contribution in [0.2, 0.25) is 0 Å². The van der Waals surface area contributed by atoms with Gasteiger partial charge in [0.25, 0.3) is 0 Å². The molecule has 1 saturated heterocycles. The Morgan fingerprint density at radius 1 is 1.69 bits per heavy atom. The Hall–Kier alpha value is -0.450. The molecule has 0 amide bonds. The molecule has 1 fully saturated rings. The van der Waals surface area contributed by atoms with Crippen LogP contribution in [0, 0.1) is 0 Å². The number of hydrogen-bond donors (Lipinski definition) is 2. The molecule has 2 N–H and O–H groups in total. The molecule has 0 aromatic carbocycles. The van der Waals surface area contributed by atoms with Crippen molar-refractivity contribution in [2.45, 2.75) is 32.0 Å². The fourth-order valence-corrected chi connectivity index (χ4v) is 1.50. The van der Waals surface area contributed by atoms with E-state index >= 15 is 0 Å². The summed E-state index contributed by atoms with van der Waals surface area (Å²) in [4.78, 5) is 12.9. The minimum Gasteiger partial charge on any atom is -0.392 e. The fourth-order valence-electron chi connectivity index (χ4n) is 1.50. The second-order valence-electron chi connectivity index (χ2n) is 4.01. The lowest BCUT2D eigenvalue weighted by Crippen LogP contribution is -2.45. The van der Waals surface area contributed by atoms with Crippen molar-refractivity contribution < 1.29 is 15.0 Å². The third kappa shape index (κ3) is 2.76. The highest BCUT2D eigenvalue weighted by molar-refractivity contribution is 5.84. The summed E-state index contributed by atoms with van der Waals surface area (Å²) in [5, 5.41) is 18.9. The van der Waals surface area contributed by atoms with E-state index in [0.717, 1.165) is 13.0 Å². The quantitative estimate of drug-likeness (QED) is 0.619. The van der Waals surface area contributed by atoms with Crippen LogP contribution in [0.25, 0.3) is 0 Å². The lowest BCUT2D eigenvalue weighted by Gasteiger charge is -2.26. The Morgan fingerprint density at radius 2 is 2.31 bits per heavy atom. The van der Waals surface area contributed by atoms with Gasteiger partial charge >= 0.3 is 0 Å². The summed E-state index contributed by atoms with van der Waals surface area (Å²) in [6.07, 6.45) is 0.427. The van der Waals surface area contributed by atoms with Crippen molar-refractivity contribution >= 4 is 5.78 Å². The molecule has 76 valence electrons. The van der Waals surface area contributed by atoms with Crippen molar-refractivity contribution in [2.75, 3.05) is 19.6 Å². The number of carbonyl (C=O) groups excluding carboxylic acids is 1. The molecule has 0 radical (unpaired) electrons.